The number of rotatable bonds is 6. The summed E-state index contributed by atoms with van der Waals surface area (Å²) >= 11 is 1.59. The van der Waals surface area contributed by atoms with E-state index in [-0.39, 0.29) is 6.10 Å². The second-order valence-electron chi connectivity index (χ2n) is 7.85. The fourth-order valence-electron chi connectivity index (χ4n) is 3.81. The number of ether oxygens (including phenoxy) is 3. The van der Waals surface area contributed by atoms with Gasteiger partial charge in [-0.3, -0.25) is 0 Å². The number of aryl methyl sites for hydroxylation is 1. The highest BCUT2D eigenvalue weighted by molar-refractivity contribution is 7.13. The van der Waals surface area contributed by atoms with Crippen molar-refractivity contribution < 1.29 is 14.2 Å². The molecule has 0 saturated carbocycles. The molecule has 5 rings (SSSR count). The molecule has 0 spiro atoms. The van der Waals surface area contributed by atoms with Crippen LogP contribution < -0.4 is 9.64 Å². The predicted molar refractivity (Wildman–Crippen MR) is 121 cm³/mol. The average molecular weight is 439 g/mol. The van der Waals surface area contributed by atoms with Gasteiger partial charge in [0.05, 0.1) is 25.0 Å². The molecule has 2 aromatic heterocycles. The van der Waals surface area contributed by atoms with E-state index in [4.69, 9.17) is 19.2 Å². The zero-order valence-electron chi connectivity index (χ0n) is 17.6. The van der Waals surface area contributed by atoms with Crippen LogP contribution in [0.4, 0.5) is 5.82 Å². The van der Waals surface area contributed by atoms with Crippen molar-refractivity contribution in [3.8, 4) is 28.0 Å². The van der Waals surface area contributed by atoms with E-state index in [1.807, 2.05) is 6.07 Å². The van der Waals surface area contributed by atoms with Crippen molar-refractivity contribution in [2.45, 2.75) is 25.9 Å². The molecule has 3 aromatic rings. The maximum absolute atomic E-state index is 5.96. The Kier molecular flexibility index (Phi) is 6.11. The summed E-state index contributed by atoms with van der Waals surface area (Å²) in [5.74, 6) is 0.850. The third kappa shape index (κ3) is 4.87. The number of nitrogens with zero attached hydrogens (tertiary/aromatic N) is 4. The Morgan fingerprint density at radius 1 is 1.10 bits per heavy atom. The third-order valence-corrected chi connectivity index (χ3v) is 6.35. The molecular formula is C23H26N4O3S. The van der Waals surface area contributed by atoms with Crippen molar-refractivity contribution in [3.63, 3.8) is 0 Å². The lowest BCUT2D eigenvalue weighted by molar-refractivity contribution is 0.0645. The number of morpholine rings is 1. The van der Waals surface area contributed by atoms with Crippen molar-refractivity contribution in [1.82, 2.24) is 15.0 Å². The lowest BCUT2D eigenvalue weighted by Gasteiger charge is -2.28. The van der Waals surface area contributed by atoms with Crippen LogP contribution in [0.5, 0.6) is 6.01 Å². The average Bonchev–Trinajstić information content (AvgIpc) is 3.51. The number of aromatic nitrogens is 3. The van der Waals surface area contributed by atoms with Gasteiger partial charge in [0.15, 0.2) is 0 Å². The van der Waals surface area contributed by atoms with Gasteiger partial charge in [0, 0.05) is 36.7 Å². The lowest BCUT2D eigenvalue weighted by Crippen LogP contribution is -2.36. The molecule has 1 aromatic carbocycles. The summed E-state index contributed by atoms with van der Waals surface area (Å²) < 4.78 is 17.1. The Balaban J connectivity index is 1.44. The van der Waals surface area contributed by atoms with Crippen LogP contribution in [0.25, 0.3) is 22.0 Å². The molecule has 7 nitrogen and oxygen atoms in total. The Labute approximate surface area is 186 Å². The molecule has 31 heavy (non-hydrogen) atoms. The van der Waals surface area contributed by atoms with Gasteiger partial charge in [0.2, 0.25) is 0 Å². The summed E-state index contributed by atoms with van der Waals surface area (Å²) in [6.07, 6.45) is 2.21. The Hall–Kier alpha value is -2.55. The molecule has 2 aliphatic heterocycles. The molecule has 0 radical (unpaired) electrons. The van der Waals surface area contributed by atoms with E-state index in [1.54, 1.807) is 11.3 Å². The van der Waals surface area contributed by atoms with Crippen LogP contribution in [-0.4, -0.2) is 60.6 Å². The number of anilines is 1. The fraction of sp³-hybridized carbons (Fsp3) is 0.435. The first kappa shape index (κ1) is 20.4. The monoisotopic (exact) mass is 438 g/mol. The first-order chi connectivity index (χ1) is 15.2. The van der Waals surface area contributed by atoms with Crippen LogP contribution in [0.3, 0.4) is 0 Å². The van der Waals surface area contributed by atoms with Crippen LogP contribution in [-0.2, 0) is 9.47 Å². The minimum atomic E-state index is 0.117. The van der Waals surface area contributed by atoms with Gasteiger partial charge >= 0.3 is 6.01 Å². The second-order valence-corrected chi connectivity index (χ2v) is 8.70. The third-order valence-electron chi connectivity index (χ3n) is 5.49. The normalized spacial score (nSPS) is 19.0. The number of thiazole rings is 1. The molecule has 4 heterocycles. The van der Waals surface area contributed by atoms with Gasteiger partial charge < -0.3 is 19.1 Å². The molecule has 162 valence electrons. The summed E-state index contributed by atoms with van der Waals surface area (Å²) in [5.41, 5.74) is 4.06. The van der Waals surface area contributed by atoms with Crippen LogP contribution in [0.15, 0.2) is 35.7 Å². The van der Waals surface area contributed by atoms with Gasteiger partial charge in [-0.25, -0.2) is 4.98 Å². The summed E-state index contributed by atoms with van der Waals surface area (Å²) in [7, 11) is 0. The van der Waals surface area contributed by atoms with Gasteiger partial charge in [0.25, 0.3) is 0 Å². The standard InChI is InChI=1S/C23H26N4O3S/c1-16-4-2-5-17(12-16)20-15-31-22(24-20)19-13-21(27-7-10-28-11-8-27)26-23(25-19)30-14-18-6-3-9-29-18/h2,4-5,12-13,15,18H,3,6-11,14H2,1H3. The number of hydrogen-bond acceptors (Lipinski definition) is 8. The number of hydrogen-bond donors (Lipinski definition) is 0. The van der Waals surface area contributed by atoms with Crippen LogP contribution in [0, 0.1) is 6.92 Å². The first-order valence-electron chi connectivity index (χ1n) is 10.7. The minimum Gasteiger partial charge on any atom is -0.461 e. The molecule has 8 heteroatoms. The highest BCUT2D eigenvalue weighted by Gasteiger charge is 2.20. The zero-order valence-corrected chi connectivity index (χ0v) is 18.4. The molecule has 1 unspecified atom stereocenters. The molecular weight excluding hydrogens is 412 g/mol. The van der Waals surface area contributed by atoms with E-state index in [0.29, 0.717) is 25.8 Å². The predicted octanol–water partition coefficient (Wildman–Crippen LogP) is 3.97. The minimum absolute atomic E-state index is 0.117. The molecule has 2 saturated heterocycles. The van der Waals surface area contributed by atoms with Gasteiger partial charge in [-0.2, -0.15) is 9.97 Å². The molecule has 2 fully saturated rings. The van der Waals surface area contributed by atoms with Gasteiger partial charge in [-0.05, 0) is 25.8 Å². The summed E-state index contributed by atoms with van der Waals surface area (Å²) in [5, 5.41) is 2.93. The molecule has 0 aliphatic carbocycles. The number of benzene rings is 1. The smallest absolute Gasteiger partial charge is 0.319 e. The Morgan fingerprint density at radius 3 is 2.81 bits per heavy atom. The van der Waals surface area contributed by atoms with Crippen molar-refractivity contribution in [1.29, 1.82) is 0 Å². The Bertz CT molecular complexity index is 1030. The highest BCUT2D eigenvalue weighted by Crippen LogP contribution is 2.31. The van der Waals surface area contributed by atoms with E-state index in [9.17, 15) is 0 Å². The van der Waals surface area contributed by atoms with Crippen LogP contribution >= 0.6 is 11.3 Å². The zero-order chi connectivity index (χ0) is 21.0. The van der Waals surface area contributed by atoms with Crippen molar-refractivity contribution in [2.75, 3.05) is 44.4 Å². The molecule has 1 atom stereocenters. The molecule has 0 bridgehead atoms. The van der Waals surface area contributed by atoms with Gasteiger partial charge in [0.1, 0.15) is 23.1 Å². The molecule has 0 amide bonds. The Morgan fingerprint density at radius 2 is 2.00 bits per heavy atom. The summed E-state index contributed by atoms with van der Waals surface area (Å²) in [6.45, 7) is 6.35. The second kappa shape index (κ2) is 9.30. The molecule has 2 aliphatic rings. The van der Waals surface area contributed by atoms with E-state index in [0.717, 1.165) is 60.3 Å². The van der Waals surface area contributed by atoms with Crippen molar-refractivity contribution in [3.05, 3.63) is 41.3 Å². The van der Waals surface area contributed by atoms with Crippen molar-refractivity contribution in [2.24, 2.45) is 0 Å². The van der Waals surface area contributed by atoms with E-state index in [1.165, 1.54) is 5.56 Å². The fourth-order valence-corrected chi connectivity index (χ4v) is 4.60. The lowest BCUT2D eigenvalue weighted by atomic mass is 10.1. The van der Waals surface area contributed by atoms with E-state index >= 15 is 0 Å². The topological polar surface area (TPSA) is 69.6 Å². The first-order valence-corrected chi connectivity index (χ1v) is 11.6. The SMILES string of the molecule is Cc1cccc(-c2csc(-c3cc(N4CCOCC4)nc(OCC4CCCO4)n3)n2)c1. The van der Waals surface area contributed by atoms with Gasteiger partial charge in [-0.1, -0.05) is 23.8 Å². The maximum Gasteiger partial charge on any atom is 0.319 e. The van der Waals surface area contributed by atoms with E-state index < -0.39 is 0 Å². The quantitative estimate of drug-likeness (QED) is 0.577. The van der Waals surface area contributed by atoms with Crippen molar-refractivity contribution >= 4 is 17.2 Å². The van der Waals surface area contributed by atoms with Gasteiger partial charge in [-0.15, -0.1) is 11.3 Å². The molecule has 0 N–H and O–H groups in total. The van der Waals surface area contributed by atoms with E-state index in [2.05, 4.69) is 51.4 Å². The largest absolute Gasteiger partial charge is 0.461 e. The van der Waals surface area contributed by atoms with Crippen LogP contribution in [0.2, 0.25) is 0 Å². The maximum atomic E-state index is 5.96. The summed E-state index contributed by atoms with van der Waals surface area (Å²) in [6, 6.07) is 10.8. The highest BCUT2D eigenvalue weighted by atomic mass is 32.1. The van der Waals surface area contributed by atoms with Crippen LogP contribution in [0.1, 0.15) is 18.4 Å². The summed E-state index contributed by atoms with van der Waals surface area (Å²) in [4.78, 5) is 16.4.